The lowest BCUT2D eigenvalue weighted by Crippen LogP contribution is -2.54. The van der Waals surface area contributed by atoms with Crippen LogP contribution >= 0.6 is 0 Å². The van der Waals surface area contributed by atoms with E-state index in [9.17, 15) is 27.2 Å². The summed E-state index contributed by atoms with van der Waals surface area (Å²) < 4.78 is 51.7. The topological polar surface area (TPSA) is 52.7 Å². The molecule has 1 aliphatic heterocycles. The van der Waals surface area contributed by atoms with E-state index in [1.165, 1.54) is 18.2 Å². The first-order valence-electron chi connectivity index (χ1n) is 9.88. The monoisotopic (exact) mass is 437 g/mol. The fourth-order valence-electron chi connectivity index (χ4n) is 3.43. The molecule has 31 heavy (non-hydrogen) atoms. The van der Waals surface area contributed by atoms with Crippen molar-refractivity contribution >= 4 is 11.8 Å². The van der Waals surface area contributed by atoms with Crippen LogP contribution in [-0.2, 0) is 17.5 Å². The molecule has 0 bridgehead atoms. The molecule has 9 heteroatoms. The van der Waals surface area contributed by atoms with Gasteiger partial charge in [0.25, 0.3) is 5.91 Å². The summed E-state index contributed by atoms with van der Waals surface area (Å²) in [5, 5.41) is 2.72. The molecule has 5 nitrogen and oxygen atoms in total. The molecule has 1 fully saturated rings. The van der Waals surface area contributed by atoms with Gasteiger partial charge >= 0.3 is 6.18 Å². The Morgan fingerprint density at radius 3 is 2.19 bits per heavy atom. The quantitative estimate of drug-likeness (QED) is 0.731. The Bertz CT molecular complexity index is 923. The summed E-state index contributed by atoms with van der Waals surface area (Å²) in [5.41, 5.74) is -0.212. The second kappa shape index (κ2) is 9.47. The summed E-state index contributed by atoms with van der Waals surface area (Å²) in [6.45, 7) is 3.42. The molecule has 2 aromatic carbocycles. The third kappa shape index (κ3) is 5.61. The summed E-state index contributed by atoms with van der Waals surface area (Å²) in [7, 11) is 0. The SMILES string of the molecule is CC(C(=O)NCc1ccccc1F)N1CCN(C(=O)c2ccc(C(F)(F)F)cc2)CC1. The van der Waals surface area contributed by atoms with Gasteiger partial charge in [0.2, 0.25) is 5.91 Å². The third-order valence-corrected chi connectivity index (χ3v) is 5.40. The van der Waals surface area contributed by atoms with Crippen LogP contribution in [0, 0.1) is 5.82 Å². The van der Waals surface area contributed by atoms with Crippen LogP contribution in [0.3, 0.4) is 0 Å². The van der Waals surface area contributed by atoms with E-state index in [2.05, 4.69) is 5.32 Å². The van der Waals surface area contributed by atoms with Crippen LogP contribution < -0.4 is 5.32 Å². The Morgan fingerprint density at radius 1 is 1.00 bits per heavy atom. The number of nitrogens with zero attached hydrogens (tertiary/aromatic N) is 2. The van der Waals surface area contributed by atoms with Crippen molar-refractivity contribution in [3.63, 3.8) is 0 Å². The van der Waals surface area contributed by atoms with Crippen molar-refractivity contribution in [3.8, 4) is 0 Å². The van der Waals surface area contributed by atoms with E-state index in [0.717, 1.165) is 12.1 Å². The van der Waals surface area contributed by atoms with Gasteiger partial charge in [-0.3, -0.25) is 14.5 Å². The number of carbonyl (C=O) groups excluding carboxylic acids is 2. The zero-order valence-electron chi connectivity index (χ0n) is 17.0. The number of alkyl halides is 3. The number of piperazine rings is 1. The number of benzene rings is 2. The molecule has 1 aliphatic rings. The molecule has 1 N–H and O–H groups in total. The minimum absolute atomic E-state index is 0.0855. The number of hydrogen-bond acceptors (Lipinski definition) is 3. The van der Waals surface area contributed by atoms with Crippen LogP contribution in [0.25, 0.3) is 0 Å². The fourth-order valence-corrected chi connectivity index (χ4v) is 3.43. The van der Waals surface area contributed by atoms with Gasteiger partial charge in [-0.1, -0.05) is 18.2 Å². The average Bonchev–Trinajstić information content (AvgIpc) is 2.77. The zero-order chi connectivity index (χ0) is 22.6. The highest BCUT2D eigenvalue weighted by Crippen LogP contribution is 2.29. The summed E-state index contributed by atoms with van der Waals surface area (Å²) in [4.78, 5) is 28.5. The molecule has 0 radical (unpaired) electrons. The summed E-state index contributed by atoms with van der Waals surface area (Å²) in [5.74, 6) is -0.971. The second-order valence-corrected chi connectivity index (χ2v) is 7.39. The Morgan fingerprint density at radius 2 is 1.61 bits per heavy atom. The van der Waals surface area contributed by atoms with E-state index in [1.54, 1.807) is 30.0 Å². The highest BCUT2D eigenvalue weighted by molar-refractivity contribution is 5.94. The lowest BCUT2D eigenvalue weighted by Gasteiger charge is -2.37. The lowest BCUT2D eigenvalue weighted by atomic mass is 10.1. The minimum atomic E-state index is -4.45. The smallest absolute Gasteiger partial charge is 0.351 e. The Kier molecular flexibility index (Phi) is 6.94. The Labute approximate surface area is 177 Å². The molecule has 1 unspecified atom stereocenters. The summed E-state index contributed by atoms with van der Waals surface area (Å²) in [6, 6.07) is 9.89. The number of rotatable bonds is 5. The van der Waals surface area contributed by atoms with Crippen LogP contribution in [0.4, 0.5) is 17.6 Å². The highest BCUT2D eigenvalue weighted by atomic mass is 19.4. The molecule has 0 aromatic heterocycles. The average molecular weight is 437 g/mol. The Hall–Kier alpha value is -2.94. The van der Waals surface area contributed by atoms with Crippen LogP contribution in [0.2, 0.25) is 0 Å². The number of amides is 2. The normalized spacial score (nSPS) is 16.1. The van der Waals surface area contributed by atoms with Crippen molar-refractivity contribution in [1.29, 1.82) is 0 Å². The molecule has 1 saturated heterocycles. The number of hydrogen-bond donors (Lipinski definition) is 1. The van der Waals surface area contributed by atoms with Crippen LogP contribution in [0.1, 0.15) is 28.4 Å². The molecule has 166 valence electrons. The zero-order valence-corrected chi connectivity index (χ0v) is 17.0. The number of nitrogens with one attached hydrogen (secondary N) is 1. The second-order valence-electron chi connectivity index (χ2n) is 7.39. The maximum absolute atomic E-state index is 13.7. The summed E-state index contributed by atoms with van der Waals surface area (Å²) in [6.07, 6.45) is -4.45. The van der Waals surface area contributed by atoms with Crippen LogP contribution in [0.15, 0.2) is 48.5 Å². The maximum Gasteiger partial charge on any atom is 0.416 e. The van der Waals surface area contributed by atoms with Gasteiger partial charge in [-0.05, 0) is 37.3 Å². The van der Waals surface area contributed by atoms with E-state index in [-0.39, 0.29) is 29.7 Å². The largest absolute Gasteiger partial charge is 0.416 e. The van der Waals surface area contributed by atoms with Gasteiger partial charge in [0.05, 0.1) is 11.6 Å². The molecule has 1 heterocycles. The molecule has 0 aliphatic carbocycles. The van der Waals surface area contributed by atoms with E-state index >= 15 is 0 Å². The molecule has 1 atom stereocenters. The van der Waals surface area contributed by atoms with E-state index in [1.807, 2.05) is 4.90 Å². The predicted molar refractivity (Wildman–Crippen MR) is 107 cm³/mol. The molecule has 0 spiro atoms. The maximum atomic E-state index is 13.7. The fraction of sp³-hybridized carbons (Fsp3) is 0.364. The van der Waals surface area contributed by atoms with Crippen molar-refractivity contribution < 1.29 is 27.2 Å². The van der Waals surface area contributed by atoms with Crippen molar-refractivity contribution in [2.45, 2.75) is 25.7 Å². The van der Waals surface area contributed by atoms with Gasteiger partial charge in [0.1, 0.15) is 5.82 Å². The highest BCUT2D eigenvalue weighted by Gasteiger charge is 2.31. The van der Waals surface area contributed by atoms with Gasteiger partial charge in [-0.2, -0.15) is 13.2 Å². The molecule has 2 amide bonds. The molecule has 3 rings (SSSR count). The van der Waals surface area contributed by atoms with Crippen molar-refractivity contribution in [2.24, 2.45) is 0 Å². The molecule has 0 saturated carbocycles. The first-order valence-corrected chi connectivity index (χ1v) is 9.88. The van der Waals surface area contributed by atoms with Crippen molar-refractivity contribution in [1.82, 2.24) is 15.1 Å². The minimum Gasteiger partial charge on any atom is -0.351 e. The predicted octanol–water partition coefficient (Wildman–Crippen LogP) is 3.31. The van der Waals surface area contributed by atoms with E-state index in [0.29, 0.717) is 31.7 Å². The number of carbonyl (C=O) groups is 2. The van der Waals surface area contributed by atoms with Crippen LogP contribution in [-0.4, -0.2) is 53.8 Å². The molecular formula is C22H23F4N3O2. The summed E-state index contributed by atoms with van der Waals surface area (Å²) >= 11 is 0. The third-order valence-electron chi connectivity index (χ3n) is 5.40. The van der Waals surface area contributed by atoms with E-state index in [4.69, 9.17) is 0 Å². The van der Waals surface area contributed by atoms with Gasteiger partial charge in [-0.25, -0.2) is 4.39 Å². The first-order chi connectivity index (χ1) is 14.7. The standard InChI is InChI=1S/C22H23F4N3O2/c1-15(20(30)27-14-17-4-2-3-5-19(17)23)28-10-12-29(13-11-28)21(31)16-6-8-18(9-7-16)22(24,25)26/h2-9,15H,10-14H2,1H3,(H,27,30). The first kappa shape index (κ1) is 22.7. The molecule has 2 aromatic rings. The van der Waals surface area contributed by atoms with Crippen LogP contribution in [0.5, 0.6) is 0 Å². The van der Waals surface area contributed by atoms with Gasteiger partial charge in [0, 0.05) is 43.9 Å². The van der Waals surface area contributed by atoms with Gasteiger partial charge in [-0.15, -0.1) is 0 Å². The number of halogens is 4. The van der Waals surface area contributed by atoms with Crippen molar-refractivity contribution in [2.75, 3.05) is 26.2 Å². The van der Waals surface area contributed by atoms with E-state index < -0.39 is 17.8 Å². The Balaban J connectivity index is 1.50. The molecular weight excluding hydrogens is 414 g/mol. The van der Waals surface area contributed by atoms with Crippen molar-refractivity contribution in [3.05, 3.63) is 71.0 Å². The lowest BCUT2D eigenvalue weighted by molar-refractivity contribution is -0.137. The van der Waals surface area contributed by atoms with Gasteiger partial charge in [0.15, 0.2) is 0 Å². The van der Waals surface area contributed by atoms with Gasteiger partial charge < -0.3 is 10.2 Å².